The average Bonchev–Trinajstić information content (AvgIpc) is 3.22. The molecular formula is C48H78FN3O4. The summed E-state index contributed by atoms with van der Waals surface area (Å²) in [4.78, 5) is 30.2. The Morgan fingerprint density at radius 1 is 0.946 bits per heavy atom. The van der Waals surface area contributed by atoms with E-state index < -0.39 is 5.82 Å². The number of hydrogen-bond acceptors (Lipinski definition) is 6. The molecule has 2 aromatic rings. The number of ether oxygens (including phenoxy) is 2. The predicted molar refractivity (Wildman–Crippen MR) is 239 cm³/mol. The maximum atomic E-state index is 14.6. The summed E-state index contributed by atoms with van der Waals surface area (Å²) in [6.07, 6.45) is 19.1. The van der Waals surface area contributed by atoms with Crippen molar-refractivity contribution in [3.05, 3.63) is 95.8 Å². The third kappa shape index (κ3) is 24.5. The lowest BCUT2D eigenvalue weighted by Gasteiger charge is -2.24. The number of unbranched alkanes of at least 4 members (excludes halogenated alkanes) is 1. The van der Waals surface area contributed by atoms with Gasteiger partial charge in [0.15, 0.2) is 0 Å². The molecule has 1 heterocycles. The van der Waals surface area contributed by atoms with Crippen LogP contribution in [0.3, 0.4) is 0 Å². The van der Waals surface area contributed by atoms with Gasteiger partial charge < -0.3 is 19.7 Å². The molecule has 316 valence electrons. The molecule has 8 heteroatoms. The molecule has 0 saturated carbocycles. The molecule has 1 amide bonds. The van der Waals surface area contributed by atoms with Crippen LogP contribution in [0.2, 0.25) is 0 Å². The monoisotopic (exact) mass is 780 g/mol. The normalized spacial score (nSPS) is 11.6. The molecule has 0 fully saturated rings. The number of rotatable bonds is 23. The largest absolute Gasteiger partial charge is 0.496 e. The fourth-order valence-corrected chi connectivity index (χ4v) is 4.87. The Morgan fingerprint density at radius 2 is 1.62 bits per heavy atom. The van der Waals surface area contributed by atoms with Gasteiger partial charge in [0, 0.05) is 68.2 Å². The van der Waals surface area contributed by atoms with Crippen LogP contribution in [-0.4, -0.2) is 55.0 Å². The summed E-state index contributed by atoms with van der Waals surface area (Å²) < 4.78 is 25.2. The quantitative estimate of drug-likeness (QED) is 0.0687. The summed E-state index contributed by atoms with van der Waals surface area (Å²) in [5.74, 6) is 1.68. The van der Waals surface area contributed by atoms with Crippen molar-refractivity contribution < 1.29 is 23.5 Å². The summed E-state index contributed by atoms with van der Waals surface area (Å²) >= 11 is 0. The van der Waals surface area contributed by atoms with Crippen LogP contribution in [0.4, 0.5) is 10.2 Å². The number of hydrogen-bond donors (Lipinski definition) is 1. The van der Waals surface area contributed by atoms with Gasteiger partial charge in [-0.2, -0.15) is 0 Å². The standard InChI is InChI=1S/C33H44FN3O2.C7H14O.C6H14O.C2H6/c1-8-11-12-13-31(39-7)26(6)25(5)22-35-32-15-14-27(23-36-32)28-19-29(21-30(34)20-28)33(38)37(17-9-2)18-16-24(4)10-3;1-3-5-6-7(8)4-2;1-3-5-7-6-4-2;1-2/h11-15,19-24H,6,8-10,16-18H2,1-5,7H3,(H,35,36);3-6H2,1-2H3;3-6H2,1-2H3;1-2H3/b12-11-,25-22+,31-13+;;;. The van der Waals surface area contributed by atoms with Crippen molar-refractivity contribution in [2.45, 2.75) is 140 Å². The SMILES string of the molecule is C=C(/C(C)=C/Nc1ccc(-c2cc(F)cc(C(=O)N(CCC)CCC(C)CC)c2)cn1)/C(=C\C=C/CC)OC.CC.CCCCC(=O)CC.CCCOCCC. The molecule has 1 aromatic heterocycles. The highest BCUT2D eigenvalue weighted by molar-refractivity contribution is 5.95. The van der Waals surface area contributed by atoms with Crippen LogP contribution in [0.25, 0.3) is 11.1 Å². The van der Waals surface area contributed by atoms with E-state index in [0.29, 0.717) is 53.9 Å². The maximum absolute atomic E-state index is 14.6. The second kappa shape index (κ2) is 35.4. The van der Waals surface area contributed by atoms with E-state index in [1.807, 2.05) is 76.1 Å². The maximum Gasteiger partial charge on any atom is 0.253 e. The molecule has 0 aliphatic heterocycles. The van der Waals surface area contributed by atoms with Crippen molar-refractivity contribution in [2.24, 2.45) is 5.92 Å². The Bertz CT molecular complexity index is 1430. The first-order chi connectivity index (χ1) is 27.0. The number of allylic oxidation sites excluding steroid dienone is 4. The first-order valence-electron chi connectivity index (χ1n) is 21.2. The lowest BCUT2D eigenvalue weighted by atomic mass is 10.0. The minimum absolute atomic E-state index is 0.136. The molecule has 1 unspecified atom stereocenters. The second-order valence-electron chi connectivity index (χ2n) is 13.4. The van der Waals surface area contributed by atoms with Crippen LogP contribution in [0.1, 0.15) is 151 Å². The predicted octanol–water partition coefficient (Wildman–Crippen LogP) is 13.5. The van der Waals surface area contributed by atoms with Crippen molar-refractivity contribution in [3.8, 4) is 11.1 Å². The van der Waals surface area contributed by atoms with E-state index in [1.165, 1.54) is 12.1 Å². The molecule has 0 saturated heterocycles. The van der Waals surface area contributed by atoms with Crippen LogP contribution in [0.15, 0.2) is 84.4 Å². The van der Waals surface area contributed by atoms with Gasteiger partial charge in [0.2, 0.25) is 0 Å². The van der Waals surface area contributed by atoms with E-state index in [-0.39, 0.29) is 5.91 Å². The van der Waals surface area contributed by atoms with Gasteiger partial charge in [-0.3, -0.25) is 9.59 Å². The number of pyridine rings is 1. The lowest BCUT2D eigenvalue weighted by Crippen LogP contribution is -2.33. The summed E-state index contributed by atoms with van der Waals surface area (Å²) in [6, 6.07) is 8.19. The average molecular weight is 780 g/mol. The van der Waals surface area contributed by atoms with E-state index in [1.54, 1.807) is 19.4 Å². The highest BCUT2D eigenvalue weighted by Crippen LogP contribution is 2.24. The second-order valence-corrected chi connectivity index (χ2v) is 13.4. The number of nitrogens with one attached hydrogen (secondary N) is 1. The molecule has 7 nitrogen and oxygen atoms in total. The smallest absolute Gasteiger partial charge is 0.253 e. The Kier molecular flexibility index (Phi) is 34.2. The van der Waals surface area contributed by atoms with Gasteiger partial charge in [-0.25, -0.2) is 9.37 Å². The molecular weight excluding hydrogens is 702 g/mol. The highest BCUT2D eigenvalue weighted by atomic mass is 19.1. The Labute approximate surface area is 341 Å². The van der Waals surface area contributed by atoms with Crippen LogP contribution in [0, 0.1) is 11.7 Å². The van der Waals surface area contributed by atoms with Gasteiger partial charge >= 0.3 is 0 Å². The first-order valence-corrected chi connectivity index (χ1v) is 21.2. The third-order valence-electron chi connectivity index (χ3n) is 8.56. The summed E-state index contributed by atoms with van der Waals surface area (Å²) in [7, 11) is 1.62. The highest BCUT2D eigenvalue weighted by Gasteiger charge is 2.18. The van der Waals surface area contributed by atoms with Crippen molar-refractivity contribution in [1.82, 2.24) is 9.88 Å². The molecule has 0 bridgehead atoms. The van der Waals surface area contributed by atoms with Crippen LogP contribution >= 0.6 is 0 Å². The van der Waals surface area contributed by atoms with Gasteiger partial charge in [0.1, 0.15) is 23.2 Å². The Balaban J connectivity index is 0. The minimum Gasteiger partial charge on any atom is -0.496 e. The fourth-order valence-electron chi connectivity index (χ4n) is 4.87. The van der Waals surface area contributed by atoms with Gasteiger partial charge in [0.05, 0.1) is 7.11 Å². The van der Waals surface area contributed by atoms with E-state index in [2.05, 4.69) is 58.4 Å². The van der Waals surface area contributed by atoms with E-state index >= 15 is 0 Å². The minimum atomic E-state index is -0.440. The van der Waals surface area contributed by atoms with Crippen molar-refractivity contribution in [2.75, 3.05) is 38.7 Å². The van der Waals surface area contributed by atoms with E-state index in [0.717, 1.165) is 87.7 Å². The molecule has 1 N–H and O–H groups in total. The van der Waals surface area contributed by atoms with Gasteiger partial charge in [-0.1, -0.05) is 101 Å². The number of methoxy groups -OCH3 is 1. The molecule has 0 aliphatic rings. The van der Waals surface area contributed by atoms with E-state index in [9.17, 15) is 14.0 Å². The third-order valence-corrected chi connectivity index (χ3v) is 8.56. The fraction of sp³-hybridized carbons (Fsp3) is 0.562. The Morgan fingerprint density at radius 3 is 2.14 bits per heavy atom. The molecule has 1 atom stereocenters. The number of aromatic nitrogens is 1. The Hall–Kier alpha value is -4.04. The zero-order chi connectivity index (χ0) is 42.7. The number of amides is 1. The summed E-state index contributed by atoms with van der Waals surface area (Å²) in [5.41, 5.74) is 3.37. The van der Waals surface area contributed by atoms with Crippen LogP contribution < -0.4 is 5.32 Å². The van der Waals surface area contributed by atoms with Gasteiger partial charge in [-0.15, -0.1) is 0 Å². The molecule has 1 aromatic carbocycles. The molecule has 0 radical (unpaired) electrons. The summed E-state index contributed by atoms with van der Waals surface area (Å²) in [6.45, 7) is 30.0. The number of carbonyl (C=O) groups is 2. The molecule has 0 aliphatic carbocycles. The van der Waals surface area contributed by atoms with Crippen LogP contribution in [-0.2, 0) is 14.3 Å². The first kappa shape index (κ1) is 54.1. The topological polar surface area (TPSA) is 80.8 Å². The number of ketones is 1. The molecule has 2 rings (SSSR count). The van der Waals surface area contributed by atoms with Gasteiger partial charge in [-0.05, 0) is 98.9 Å². The van der Waals surface area contributed by atoms with Crippen molar-refractivity contribution in [1.29, 1.82) is 0 Å². The van der Waals surface area contributed by atoms with E-state index in [4.69, 9.17) is 9.47 Å². The van der Waals surface area contributed by atoms with Crippen molar-refractivity contribution in [3.63, 3.8) is 0 Å². The molecule has 56 heavy (non-hydrogen) atoms. The lowest BCUT2D eigenvalue weighted by molar-refractivity contribution is -0.118. The van der Waals surface area contributed by atoms with Crippen molar-refractivity contribution >= 4 is 17.5 Å². The summed E-state index contributed by atoms with van der Waals surface area (Å²) in [5, 5.41) is 3.18. The number of halogens is 1. The zero-order valence-electron chi connectivity index (χ0n) is 37.4. The van der Waals surface area contributed by atoms with Crippen LogP contribution in [0.5, 0.6) is 0 Å². The number of benzene rings is 1. The zero-order valence-corrected chi connectivity index (χ0v) is 37.4. The number of carbonyl (C=O) groups excluding carboxylic acids is 2. The van der Waals surface area contributed by atoms with Gasteiger partial charge in [0.25, 0.3) is 5.91 Å². The molecule has 0 spiro atoms. The number of anilines is 1. The number of Topliss-reactive ketones (excluding diaryl/α,β-unsaturated/α-hetero) is 1. The number of nitrogens with zero attached hydrogens (tertiary/aromatic N) is 2.